The number of nitrogens with one attached hydrogen (secondary N) is 1. The molecule has 1 rings (SSSR count). The zero-order valence-corrected chi connectivity index (χ0v) is 11.8. The standard InChI is InChI=1S/C13H24N4O/c1-5-11(6-2)7-15-12(18)8-17-10(4)13(14)9(3)16-17/h11H,5-8,14H2,1-4H3,(H,15,18). The van der Waals surface area contributed by atoms with Crippen LogP contribution in [0.15, 0.2) is 0 Å². The zero-order valence-electron chi connectivity index (χ0n) is 11.8. The average molecular weight is 252 g/mol. The van der Waals surface area contributed by atoms with Gasteiger partial charge in [0.05, 0.1) is 17.1 Å². The lowest BCUT2D eigenvalue weighted by Crippen LogP contribution is -2.32. The lowest BCUT2D eigenvalue weighted by atomic mass is 10.0. The van der Waals surface area contributed by atoms with Crippen molar-refractivity contribution in [3.8, 4) is 0 Å². The number of carbonyl (C=O) groups excluding carboxylic acids is 1. The first-order valence-electron chi connectivity index (χ1n) is 6.55. The second kappa shape index (κ2) is 6.42. The SMILES string of the molecule is CCC(CC)CNC(=O)Cn1nc(C)c(N)c1C. The number of amides is 1. The van der Waals surface area contributed by atoms with Crippen molar-refractivity contribution in [1.82, 2.24) is 15.1 Å². The lowest BCUT2D eigenvalue weighted by molar-refractivity contribution is -0.122. The number of aromatic nitrogens is 2. The second-order valence-corrected chi connectivity index (χ2v) is 4.73. The van der Waals surface area contributed by atoms with E-state index in [4.69, 9.17) is 5.73 Å². The summed E-state index contributed by atoms with van der Waals surface area (Å²) in [6, 6.07) is 0. The summed E-state index contributed by atoms with van der Waals surface area (Å²) in [5, 5.41) is 7.20. The van der Waals surface area contributed by atoms with Gasteiger partial charge in [-0.3, -0.25) is 9.48 Å². The Labute approximate surface area is 109 Å². The molecule has 0 atom stereocenters. The summed E-state index contributed by atoms with van der Waals surface area (Å²) in [5.74, 6) is 0.548. The van der Waals surface area contributed by atoms with Crippen LogP contribution < -0.4 is 11.1 Å². The Balaban J connectivity index is 2.52. The Kier molecular flexibility index (Phi) is 5.19. The largest absolute Gasteiger partial charge is 0.396 e. The van der Waals surface area contributed by atoms with Crippen molar-refractivity contribution >= 4 is 11.6 Å². The molecular formula is C13H24N4O. The van der Waals surface area contributed by atoms with Crippen LogP contribution in [0.4, 0.5) is 5.69 Å². The van der Waals surface area contributed by atoms with Gasteiger partial charge in [0, 0.05) is 6.54 Å². The molecule has 18 heavy (non-hydrogen) atoms. The van der Waals surface area contributed by atoms with E-state index in [1.165, 1.54) is 0 Å². The number of carbonyl (C=O) groups is 1. The average Bonchev–Trinajstić information content (AvgIpc) is 2.58. The molecule has 0 aromatic carbocycles. The van der Waals surface area contributed by atoms with Gasteiger partial charge in [0.2, 0.25) is 5.91 Å². The molecule has 1 amide bonds. The molecule has 5 heteroatoms. The molecular weight excluding hydrogens is 228 g/mol. The topological polar surface area (TPSA) is 72.9 Å². The normalized spacial score (nSPS) is 10.9. The Morgan fingerprint density at radius 1 is 1.39 bits per heavy atom. The third-order valence-electron chi connectivity index (χ3n) is 3.47. The van der Waals surface area contributed by atoms with E-state index in [1.54, 1.807) is 4.68 Å². The van der Waals surface area contributed by atoms with Gasteiger partial charge in [0.25, 0.3) is 0 Å². The van der Waals surface area contributed by atoms with Gasteiger partial charge in [-0.15, -0.1) is 0 Å². The minimum Gasteiger partial charge on any atom is -0.396 e. The van der Waals surface area contributed by atoms with Crippen LogP contribution in [0, 0.1) is 19.8 Å². The second-order valence-electron chi connectivity index (χ2n) is 4.73. The highest BCUT2D eigenvalue weighted by Gasteiger charge is 2.12. The highest BCUT2D eigenvalue weighted by atomic mass is 16.2. The molecule has 0 saturated heterocycles. The van der Waals surface area contributed by atoms with E-state index in [0.717, 1.165) is 30.8 Å². The van der Waals surface area contributed by atoms with Gasteiger partial charge in [-0.05, 0) is 19.8 Å². The molecule has 0 fully saturated rings. The number of nitrogens with two attached hydrogens (primary N) is 1. The van der Waals surface area contributed by atoms with Gasteiger partial charge in [0.1, 0.15) is 6.54 Å². The Morgan fingerprint density at radius 3 is 2.44 bits per heavy atom. The third-order valence-corrected chi connectivity index (χ3v) is 3.47. The van der Waals surface area contributed by atoms with E-state index in [9.17, 15) is 4.79 Å². The zero-order chi connectivity index (χ0) is 13.7. The van der Waals surface area contributed by atoms with Crippen molar-refractivity contribution in [3.63, 3.8) is 0 Å². The summed E-state index contributed by atoms with van der Waals surface area (Å²) >= 11 is 0. The lowest BCUT2D eigenvalue weighted by Gasteiger charge is -2.13. The number of aryl methyl sites for hydroxylation is 1. The van der Waals surface area contributed by atoms with E-state index >= 15 is 0 Å². The van der Waals surface area contributed by atoms with Gasteiger partial charge in [0.15, 0.2) is 0 Å². The molecule has 0 aliphatic rings. The highest BCUT2D eigenvalue weighted by molar-refractivity contribution is 5.75. The molecule has 0 saturated carbocycles. The molecule has 102 valence electrons. The minimum absolute atomic E-state index is 0.00694. The van der Waals surface area contributed by atoms with Crippen LogP contribution in [0.3, 0.4) is 0 Å². The summed E-state index contributed by atoms with van der Waals surface area (Å²) in [6.07, 6.45) is 2.17. The first kappa shape index (κ1) is 14.5. The fourth-order valence-electron chi connectivity index (χ4n) is 1.89. The maximum absolute atomic E-state index is 11.8. The molecule has 1 aromatic rings. The van der Waals surface area contributed by atoms with Gasteiger partial charge < -0.3 is 11.1 Å². The van der Waals surface area contributed by atoms with Crippen LogP contribution in [-0.2, 0) is 11.3 Å². The number of hydrogen-bond donors (Lipinski definition) is 2. The minimum atomic E-state index is -0.00694. The van der Waals surface area contributed by atoms with Gasteiger partial charge in [-0.1, -0.05) is 26.7 Å². The van der Waals surface area contributed by atoms with E-state index in [0.29, 0.717) is 11.6 Å². The molecule has 0 unspecified atom stereocenters. The number of nitrogens with zero attached hydrogens (tertiary/aromatic N) is 2. The van der Waals surface area contributed by atoms with E-state index in [2.05, 4.69) is 24.3 Å². The Hall–Kier alpha value is -1.52. The molecule has 0 aliphatic carbocycles. The van der Waals surface area contributed by atoms with Crippen molar-refractivity contribution in [2.45, 2.75) is 47.1 Å². The third kappa shape index (κ3) is 3.48. The van der Waals surface area contributed by atoms with Crippen LogP contribution in [0.1, 0.15) is 38.1 Å². The monoisotopic (exact) mass is 252 g/mol. The predicted molar refractivity (Wildman–Crippen MR) is 73.2 cm³/mol. The van der Waals surface area contributed by atoms with E-state index in [1.807, 2.05) is 13.8 Å². The smallest absolute Gasteiger partial charge is 0.241 e. The molecule has 0 bridgehead atoms. The summed E-state index contributed by atoms with van der Waals surface area (Å²) in [4.78, 5) is 11.8. The van der Waals surface area contributed by atoms with Crippen molar-refractivity contribution < 1.29 is 4.79 Å². The molecule has 0 aliphatic heterocycles. The highest BCUT2D eigenvalue weighted by Crippen LogP contribution is 2.14. The van der Waals surface area contributed by atoms with Crippen LogP contribution in [0.2, 0.25) is 0 Å². The Morgan fingerprint density at radius 2 is 2.00 bits per heavy atom. The molecule has 1 heterocycles. The van der Waals surface area contributed by atoms with Crippen LogP contribution in [0.25, 0.3) is 0 Å². The fourth-order valence-corrected chi connectivity index (χ4v) is 1.89. The molecule has 5 nitrogen and oxygen atoms in total. The predicted octanol–water partition coefficient (Wildman–Crippen LogP) is 1.63. The molecule has 1 aromatic heterocycles. The number of anilines is 1. The van der Waals surface area contributed by atoms with Crippen LogP contribution in [-0.4, -0.2) is 22.2 Å². The summed E-state index contributed by atoms with van der Waals surface area (Å²) in [7, 11) is 0. The van der Waals surface area contributed by atoms with Crippen LogP contribution in [0.5, 0.6) is 0 Å². The summed E-state index contributed by atoms with van der Waals surface area (Å²) < 4.78 is 1.66. The van der Waals surface area contributed by atoms with Gasteiger partial charge in [-0.2, -0.15) is 5.10 Å². The first-order chi connectivity index (χ1) is 8.49. The fraction of sp³-hybridized carbons (Fsp3) is 0.692. The van der Waals surface area contributed by atoms with Crippen molar-refractivity contribution in [3.05, 3.63) is 11.4 Å². The molecule has 0 radical (unpaired) electrons. The quantitative estimate of drug-likeness (QED) is 0.808. The number of rotatable bonds is 6. The maximum atomic E-state index is 11.8. The number of nitrogen functional groups attached to an aromatic ring is 1. The molecule has 0 spiro atoms. The van der Waals surface area contributed by atoms with Crippen molar-refractivity contribution in [2.24, 2.45) is 5.92 Å². The molecule has 3 N–H and O–H groups in total. The maximum Gasteiger partial charge on any atom is 0.241 e. The van der Waals surface area contributed by atoms with E-state index in [-0.39, 0.29) is 12.5 Å². The van der Waals surface area contributed by atoms with Crippen LogP contribution >= 0.6 is 0 Å². The first-order valence-corrected chi connectivity index (χ1v) is 6.55. The van der Waals surface area contributed by atoms with Gasteiger partial charge in [-0.25, -0.2) is 0 Å². The number of hydrogen-bond acceptors (Lipinski definition) is 3. The van der Waals surface area contributed by atoms with Gasteiger partial charge >= 0.3 is 0 Å². The van der Waals surface area contributed by atoms with E-state index < -0.39 is 0 Å². The van der Waals surface area contributed by atoms with Crippen molar-refractivity contribution in [2.75, 3.05) is 12.3 Å². The Bertz CT molecular complexity index is 407. The summed E-state index contributed by atoms with van der Waals surface area (Å²) in [6.45, 7) is 8.99. The van der Waals surface area contributed by atoms with Crippen molar-refractivity contribution in [1.29, 1.82) is 0 Å². The summed E-state index contributed by atoms with van der Waals surface area (Å²) in [5.41, 5.74) is 8.13.